The minimum absolute atomic E-state index is 0.171. The highest BCUT2D eigenvalue weighted by Crippen LogP contribution is 2.43. The maximum absolute atomic E-state index is 14.0. The smallest absolute Gasteiger partial charge is 0.337 e. The molecule has 0 heterocycles. The van der Waals surface area contributed by atoms with E-state index in [0.717, 1.165) is 12.1 Å². The zero-order valence-electron chi connectivity index (χ0n) is 28.3. The van der Waals surface area contributed by atoms with E-state index in [9.17, 15) is 44.1 Å². The lowest BCUT2D eigenvalue weighted by Crippen LogP contribution is -2.27. The molecule has 266 valence electrons. The number of hydrogen-bond acceptors (Lipinski definition) is 6. The first-order valence-corrected chi connectivity index (χ1v) is 16.1. The van der Waals surface area contributed by atoms with Crippen LogP contribution in [0, 0.1) is 37.0 Å². The minimum atomic E-state index is -1.66. The van der Waals surface area contributed by atoms with Gasteiger partial charge < -0.3 is 31.3 Å². The van der Waals surface area contributed by atoms with Gasteiger partial charge in [-0.3, -0.25) is 14.4 Å². The summed E-state index contributed by atoms with van der Waals surface area (Å²) >= 11 is 0. The van der Waals surface area contributed by atoms with Gasteiger partial charge in [0.1, 0.15) is 0 Å². The fourth-order valence-electron chi connectivity index (χ4n) is 6.41. The van der Waals surface area contributed by atoms with Crippen LogP contribution in [0.3, 0.4) is 0 Å². The van der Waals surface area contributed by atoms with Crippen LogP contribution in [0.2, 0.25) is 0 Å². The quantitative estimate of drug-likeness (QED) is 0.103. The SMILES string of the molecule is C#Cc1cccc(NC(=O)C2=C(C(=O)O)c3cc(C(=O)Nc4cccc(C#C)c4)c(C(=O)O)c4cc(C(=O)Nc5cccc(C#C)c5)c(C(=O)O)c(c34)C2)c1. The monoisotopic (exact) mass is 727 g/mol. The average Bonchev–Trinajstić information content (AvgIpc) is 3.16. The molecule has 3 amide bonds. The molecule has 0 spiro atoms. The summed E-state index contributed by atoms with van der Waals surface area (Å²) in [5.74, 6) is -0.670. The summed E-state index contributed by atoms with van der Waals surface area (Å²) in [5, 5.41) is 39.0. The van der Waals surface area contributed by atoms with E-state index < -0.39 is 75.5 Å². The molecule has 12 nitrogen and oxygen atoms in total. The summed E-state index contributed by atoms with van der Waals surface area (Å²) < 4.78 is 0. The molecule has 6 rings (SSSR count). The van der Waals surface area contributed by atoms with Crippen molar-refractivity contribution in [3.8, 4) is 37.0 Å². The van der Waals surface area contributed by atoms with E-state index in [4.69, 9.17) is 19.3 Å². The number of rotatable bonds is 9. The number of benzene rings is 5. The lowest BCUT2D eigenvalue weighted by atomic mass is 9.77. The summed E-state index contributed by atoms with van der Waals surface area (Å²) in [6, 6.07) is 20.2. The Bertz CT molecular complexity index is 2740. The molecule has 1 aliphatic rings. The van der Waals surface area contributed by atoms with Crippen LogP contribution in [0.1, 0.15) is 69.2 Å². The van der Waals surface area contributed by atoms with E-state index >= 15 is 0 Å². The topological polar surface area (TPSA) is 199 Å². The summed E-state index contributed by atoms with van der Waals surface area (Å²) in [7, 11) is 0. The highest BCUT2D eigenvalue weighted by Gasteiger charge is 2.37. The van der Waals surface area contributed by atoms with Crippen molar-refractivity contribution in [1.82, 2.24) is 0 Å². The fraction of sp³-hybridized carbons (Fsp3) is 0.0233. The van der Waals surface area contributed by atoms with Gasteiger partial charge in [-0.25, -0.2) is 14.4 Å². The van der Waals surface area contributed by atoms with E-state index in [1.54, 1.807) is 36.4 Å². The number of hydrogen-bond donors (Lipinski definition) is 6. The van der Waals surface area contributed by atoms with Crippen molar-refractivity contribution in [2.45, 2.75) is 6.42 Å². The van der Waals surface area contributed by atoms with Gasteiger partial charge in [0, 0.05) is 45.7 Å². The van der Waals surface area contributed by atoms with Gasteiger partial charge in [-0.15, -0.1) is 19.3 Å². The Balaban J connectivity index is 1.66. The van der Waals surface area contributed by atoms with Crippen LogP contribution in [0.15, 0.2) is 90.5 Å². The Kier molecular flexibility index (Phi) is 9.72. The van der Waals surface area contributed by atoms with Crippen LogP contribution in [-0.4, -0.2) is 50.9 Å². The molecule has 0 unspecified atom stereocenters. The number of aliphatic carboxylic acids is 1. The first-order chi connectivity index (χ1) is 26.3. The molecule has 0 aliphatic heterocycles. The Labute approximate surface area is 312 Å². The molecule has 55 heavy (non-hydrogen) atoms. The first-order valence-electron chi connectivity index (χ1n) is 16.1. The largest absolute Gasteiger partial charge is 0.478 e. The average molecular weight is 728 g/mol. The van der Waals surface area contributed by atoms with Gasteiger partial charge in [-0.1, -0.05) is 36.0 Å². The minimum Gasteiger partial charge on any atom is -0.478 e. The third-order valence-electron chi connectivity index (χ3n) is 8.72. The maximum Gasteiger partial charge on any atom is 0.337 e. The van der Waals surface area contributed by atoms with Gasteiger partial charge in [0.2, 0.25) is 0 Å². The number of anilines is 3. The maximum atomic E-state index is 14.0. The highest BCUT2D eigenvalue weighted by atomic mass is 16.4. The lowest BCUT2D eigenvalue weighted by molar-refractivity contribution is -0.130. The van der Waals surface area contributed by atoms with Gasteiger partial charge in [0.05, 0.1) is 27.8 Å². The van der Waals surface area contributed by atoms with E-state index in [0.29, 0.717) is 16.7 Å². The molecule has 0 saturated carbocycles. The second-order valence-corrected chi connectivity index (χ2v) is 12.0. The molecule has 0 saturated heterocycles. The zero-order valence-corrected chi connectivity index (χ0v) is 28.3. The van der Waals surface area contributed by atoms with Crippen molar-refractivity contribution >= 4 is 69.0 Å². The van der Waals surface area contributed by atoms with Crippen LogP contribution >= 0.6 is 0 Å². The number of nitrogens with one attached hydrogen (secondary N) is 3. The number of carbonyl (C=O) groups is 6. The third kappa shape index (κ3) is 6.96. The molecular weight excluding hydrogens is 702 g/mol. The molecule has 1 aliphatic carbocycles. The predicted octanol–water partition coefficient (Wildman–Crippen LogP) is 5.72. The van der Waals surface area contributed by atoms with Crippen molar-refractivity contribution in [1.29, 1.82) is 0 Å². The van der Waals surface area contributed by atoms with Crippen molar-refractivity contribution in [3.05, 3.63) is 141 Å². The predicted molar refractivity (Wildman–Crippen MR) is 204 cm³/mol. The molecule has 5 aromatic rings. The summed E-state index contributed by atoms with van der Waals surface area (Å²) in [6.45, 7) is 0. The Hall–Kier alpha value is -8.40. The van der Waals surface area contributed by atoms with E-state index in [-0.39, 0.29) is 39.0 Å². The van der Waals surface area contributed by atoms with E-state index in [2.05, 4.69) is 33.7 Å². The summed E-state index contributed by atoms with van der Waals surface area (Å²) in [6.07, 6.45) is 15.8. The van der Waals surface area contributed by atoms with Crippen molar-refractivity contribution in [2.24, 2.45) is 0 Å². The van der Waals surface area contributed by atoms with Crippen LogP contribution in [0.4, 0.5) is 17.1 Å². The molecule has 5 aromatic carbocycles. The normalized spacial score (nSPS) is 11.4. The first kappa shape index (κ1) is 36.4. The molecule has 12 heteroatoms. The van der Waals surface area contributed by atoms with E-state index in [1.165, 1.54) is 36.4 Å². The van der Waals surface area contributed by atoms with Crippen molar-refractivity contribution in [3.63, 3.8) is 0 Å². The number of terminal acetylenes is 3. The highest BCUT2D eigenvalue weighted by molar-refractivity contribution is 6.32. The van der Waals surface area contributed by atoms with Crippen LogP contribution < -0.4 is 16.0 Å². The number of carbonyl (C=O) groups excluding carboxylic acids is 3. The molecule has 0 aromatic heterocycles. The molecule has 0 atom stereocenters. The van der Waals surface area contributed by atoms with Gasteiger partial charge >= 0.3 is 17.9 Å². The number of aromatic carboxylic acids is 2. The van der Waals surface area contributed by atoms with Gasteiger partial charge in [0.25, 0.3) is 17.7 Å². The number of amides is 3. The van der Waals surface area contributed by atoms with Gasteiger partial charge in [0.15, 0.2) is 0 Å². The second-order valence-electron chi connectivity index (χ2n) is 12.0. The van der Waals surface area contributed by atoms with Crippen molar-refractivity contribution in [2.75, 3.05) is 16.0 Å². The molecular formula is C43H25N3O9. The number of carboxylic acid groups (broad SMARTS) is 3. The van der Waals surface area contributed by atoms with E-state index in [1.807, 2.05) is 0 Å². The standard InChI is InChI=1S/C43H25N3O9/c1-4-22-10-7-13-25(16-22)44-38(47)31-19-28-34-29(35(31)41(50)51)20-32(39(48)45-26-14-8-11-23(5-2)17-26)37(43(54)55)30(34)21-33(36(28)42(52)53)40(49)46-27-15-9-12-24(6-3)18-27/h1-3,7-20H,21H2,(H,44,47)(H,45,48)(H,46,49)(H,50,51)(H,52,53)(H,54,55). The molecule has 0 fully saturated rings. The number of carboxylic acids is 3. The summed E-state index contributed by atoms with van der Waals surface area (Å²) in [4.78, 5) is 81.2. The van der Waals surface area contributed by atoms with Crippen LogP contribution in [0.5, 0.6) is 0 Å². The molecule has 6 N–H and O–H groups in total. The van der Waals surface area contributed by atoms with Crippen LogP contribution in [0.25, 0.3) is 16.3 Å². The lowest BCUT2D eigenvalue weighted by Gasteiger charge is -2.26. The molecule has 0 radical (unpaired) electrons. The zero-order chi connectivity index (χ0) is 39.6. The summed E-state index contributed by atoms with van der Waals surface area (Å²) in [5.41, 5.74) is -2.39. The second kappa shape index (κ2) is 14.7. The molecule has 0 bridgehead atoms. The Morgan fingerprint density at radius 2 is 0.982 bits per heavy atom. The Morgan fingerprint density at radius 3 is 1.40 bits per heavy atom. The van der Waals surface area contributed by atoms with Gasteiger partial charge in [-0.05, 0) is 88.6 Å². The van der Waals surface area contributed by atoms with Gasteiger partial charge in [-0.2, -0.15) is 0 Å². The van der Waals surface area contributed by atoms with Crippen LogP contribution in [-0.2, 0) is 16.0 Å². The fourth-order valence-corrected chi connectivity index (χ4v) is 6.41. The van der Waals surface area contributed by atoms with Crippen molar-refractivity contribution < 1.29 is 44.1 Å². The third-order valence-corrected chi connectivity index (χ3v) is 8.72. The Morgan fingerprint density at radius 1 is 0.545 bits per heavy atom.